The molecule has 0 bridgehead atoms. The molecule has 2 aliphatic heterocycles. The maximum absolute atomic E-state index is 5.99. The summed E-state index contributed by atoms with van der Waals surface area (Å²) in [7, 11) is 2.03. The Morgan fingerprint density at radius 3 is 2.86 bits per heavy atom. The average molecular weight is 378 g/mol. The van der Waals surface area contributed by atoms with Gasteiger partial charge in [0.05, 0.1) is 18.9 Å². The number of fused-ring (bicyclic) bond motifs is 1. The molecule has 2 aliphatic rings. The monoisotopic (exact) mass is 377 g/mol. The molecule has 0 aliphatic carbocycles. The van der Waals surface area contributed by atoms with Crippen molar-refractivity contribution < 1.29 is 4.74 Å². The summed E-state index contributed by atoms with van der Waals surface area (Å²) in [5, 5.41) is 10.3. The Kier molecular flexibility index (Phi) is 6.27. The fourth-order valence-corrected chi connectivity index (χ4v) is 4.22. The molecule has 1 unspecified atom stereocenters. The Balaban J connectivity index is 1.33. The fraction of sp³-hybridized carbons (Fsp3) is 0.458. The van der Waals surface area contributed by atoms with Gasteiger partial charge in [-0.15, -0.1) is 0 Å². The van der Waals surface area contributed by atoms with E-state index in [0.29, 0.717) is 0 Å². The van der Waals surface area contributed by atoms with Crippen molar-refractivity contribution in [2.24, 2.45) is 11.0 Å². The minimum atomic E-state index is 0.794. The van der Waals surface area contributed by atoms with Gasteiger partial charge in [-0.3, -0.25) is 5.01 Å². The molecule has 0 spiro atoms. The second-order valence-electron chi connectivity index (χ2n) is 8.00. The van der Waals surface area contributed by atoms with Gasteiger partial charge in [0.15, 0.2) is 0 Å². The van der Waals surface area contributed by atoms with Gasteiger partial charge in [-0.25, -0.2) is 0 Å². The molecule has 1 N–H and O–H groups in total. The van der Waals surface area contributed by atoms with Crippen LogP contribution in [0.25, 0.3) is 0 Å². The molecule has 1 fully saturated rings. The maximum Gasteiger partial charge on any atom is 0.119 e. The number of nitrogens with zero attached hydrogens (tertiary/aromatic N) is 2. The van der Waals surface area contributed by atoms with Crippen molar-refractivity contribution in [2.45, 2.75) is 38.6 Å². The highest BCUT2D eigenvalue weighted by Gasteiger charge is 2.18. The molecule has 0 saturated carbocycles. The second kappa shape index (κ2) is 9.24. The lowest BCUT2D eigenvalue weighted by atomic mass is 9.96. The summed E-state index contributed by atoms with van der Waals surface area (Å²) in [6.07, 6.45) is 6.43. The van der Waals surface area contributed by atoms with Crippen LogP contribution in [-0.4, -0.2) is 37.5 Å². The fourth-order valence-electron chi connectivity index (χ4n) is 4.22. The Morgan fingerprint density at radius 2 is 1.96 bits per heavy atom. The van der Waals surface area contributed by atoms with Gasteiger partial charge in [-0.2, -0.15) is 5.10 Å². The van der Waals surface area contributed by atoms with E-state index in [1.165, 1.54) is 49.9 Å². The number of hydrazone groups is 1. The van der Waals surface area contributed by atoms with Crippen LogP contribution in [0.4, 0.5) is 0 Å². The van der Waals surface area contributed by atoms with Crippen LogP contribution < -0.4 is 10.1 Å². The lowest BCUT2D eigenvalue weighted by Gasteiger charge is -2.24. The highest BCUT2D eigenvalue weighted by molar-refractivity contribution is 6.14. The van der Waals surface area contributed by atoms with E-state index in [1.807, 2.05) is 12.1 Å². The maximum atomic E-state index is 5.99. The van der Waals surface area contributed by atoms with Crippen LogP contribution in [0.2, 0.25) is 0 Å². The lowest BCUT2D eigenvalue weighted by Crippen LogP contribution is -2.23. The number of rotatable bonds is 6. The van der Waals surface area contributed by atoms with Crippen LogP contribution in [0.15, 0.2) is 53.6 Å². The Bertz CT molecular complexity index is 792. The zero-order valence-corrected chi connectivity index (χ0v) is 16.9. The molecule has 2 heterocycles. The Morgan fingerprint density at radius 1 is 1.11 bits per heavy atom. The normalized spacial score (nSPS) is 19.5. The summed E-state index contributed by atoms with van der Waals surface area (Å²) in [5.74, 6) is 1.76. The first kappa shape index (κ1) is 19.0. The molecular formula is C24H31N3O. The highest BCUT2D eigenvalue weighted by atomic mass is 16.5. The Labute approximate surface area is 168 Å². The first-order valence-electron chi connectivity index (χ1n) is 10.6. The molecule has 148 valence electrons. The van der Waals surface area contributed by atoms with Crippen LogP contribution in [0.1, 0.15) is 48.8 Å². The van der Waals surface area contributed by atoms with Gasteiger partial charge in [0.2, 0.25) is 0 Å². The standard InChI is InChI=1S/C24H31N3O/c1-27-18-21-9-2-3-10-23(21)24(26-27)20-11-13-22(14-12-20)28-16-6-8-19-7-4-5-15-25-17-19/h2-3,9-14,19,25H,4-8,15-18H2,1H3. The zero-order chi connectivity index (χ0) is 19.2. The van der Waals surface area contributed by atoms with Gasteiger partial charge < -0.3 is 10.1 Å². The van der Waals surface area contributed by atoms with Crippen molar-refractivity contribution in [3.05, 3.63) is 65.2 Å². The lowest BCUT2D eigenvalue weighted by molar-refractivity contribution is 0.288. The minimum absolute atomic E-state index is 0.794. The van der Waals surface area contributed by atoms with Crippen molar-refractivity contribution in [1.29, 1.82) is 0 Å². The third-order valence-corrected chi connectivity index (χ3v) is 5.74. The molecule has 0 aromatic heterocycles. The molecule has 2 aromatic carbocycles. The van der Waals surface area contributed by atoms with E-state index in [-0.39, 0.29) is 0 Å². The predicted molar refractivity (Wildman–Crippen MR) is 115 cm³/mol. The number of ether oxygens (including phenoxy) is 1. The van der Waals surface area contributed by atoms with Crippen molar-refractivity contribution in [2.75, 3.05) is 26.7 Å². The summed E-state index contributed by atoms with van der Waals surface area (Å²) in [6, 6.07) is 16.9. The third kappa shape index (κ3) is 4.74. The van der Waals surface area contributed by atoms with Crippen molar-refractivity contribution >= 4 is 5.71 Å². The van der Waals surface area contributed by atoms with Gasteiger partial charge in [0, 0.05) is 18.2 Å². The van der Waals surface area contributed by atoms with Crippen molar-refractivity contribution in [3.63, 3.8) is 0 Å². The molecule has 1 saturated heterocycles. The summed E-state index contributed by atoms with van der Waals surface area (Å²) in [5.41, 5.74) is 4.72. The van der Waals surface area contributed by atoms with Crippen LogP contribution in [0, 0.1) is 5.92 Å². The van der Waals surface area contributed by atoms with E-state index in [0.717, 1.165) is 42.5 Å². The molecule has 4 heteroatoms. The largest absolute Gasteiger partial charge is 0.494 e. The van der Waals surface area contributed by atoms with E-state index < -0.39 is 0 Å². The predicted octanol–water partition coefficient (Wildman–Crippen LogP) is 4.43. The SMILES string of the molecule is CN1Cc2ccccc2C(c2ccc(OCCCC3CCCCNC3)cc2)=N1. The van der Waals surface area contributed by atoms with Gasteiger partial charge in [0.1, 0.15) is 5.75 Å². The summed E-state index contributed by atoms with van der Waals surface area (Å²) in [4.78, 5) is 0. The van der Waals surface area contributed by atoms with Gasteiger partial charge in [-0.05, 0) is 74.5 Å². The minimum Gasteiger partial charge on any atom is -0.494 e. The van der Waals surface area contributed by atoms with Crippen LogP contribution >= 0.6 is 0 Å². The van der Waals surface area contributed by atoms with Crippen LogP contribution in [0.5, 0.6) is 5.75 Å². The summed E-state index contributed by atoms with van der Waals surface area (Å²) >= 11 is 0. The van der Waals surface area contributed by atoms with E-state index in [1.54, 1.807) is 0 Å². The van der Waals surface area contributed by atoms with Crippen LogP contribution in [-0.2, 0) is 6.54 Å². The highest BCUT2D eigenvalue weighted by Crippen LogP contribution is 2.24. The molecule has 28 heavy (non-hydrogen) atoms. The molecule has 2 aromatic rings. The molecule has 0 radical (unpaired) electrons. The van der Waals surface area contributed by atoms with Gasteiger partial charge >= 0.3 is 0 Å². The molecule has 4 nitrogen and oxygen atoms in total. The quantitative estimate of drug-likeness (QED) is 0.757. The number of hydrogen-bond donors (Lipinski definition) is 1. The van der Waals surface area contributed by atoms with E-state index >= 15 is 0 Å². The topological polar surface area (TPSA) is 36.9 Å². The van der Waals surface area contributed by atoms with Gasteiger partial charge in [0.25, 0.3) is 0 Å². The smallest absolute Gasteiger partial charge is 0.119 e. The van der Waals surface area contributed by atoms with E-state index in [4.69, 9.17) is 9.84 Å². The molecular weight excluding hydrogens is 346 g/mol. The first-order valence-corrected chi connectivity index (χ1v) is 10.6. The third-order valence-electron chi connectivity index (χ3n) is 5.74. The van der Waals surface area contributed by atoms with Crippen LogP contribution in [0.3, 0.4) is 0 Å². The van der Waals surface area contributed by atoms with Gasteiger partial charge in [-0.1, -0.05) is 30.7 Å². The number of hydrogen-bond acceptors (Lipinski definition) is 4. The van der Waals surface area contributed by atoms with E-state index in [2.05, 4.69) is 53.8 Å². The van der Waals surface area contributed by atoms with Crippen molar-refractivity contribution in [3.8, 4) is 5.75 Å². The Hall–Kier alpha value is -2.33. The summed E-state index contributed by atoms with van der Waals surface area (Å²) < 4.78 is 5.99. The second-order valence-corrected chi connectivity index (χ2v) is 8.00. The summed E-state index contributed by atoms with van der Waals surface area (Å²) in [6.45, 7) is 4.01. The molecule has 0 amide bonds. The number of nitrogens with one attached hydrogen (secondary N) is 1. The average Bonchev–Trinajstić information content (AvgIpc) is 3.00. The molecule has 4 rings (SSSR count). The zero-order valence-electron chi connectivity index (χ0n) is 16.9. The number of benzene rings is 2. The molecule has 1 atom stereocenters. The van der Waals surface area contributed by atoms with E-state index in [9.17, 15) is 0 Å². The first-order chi connectivity index (χ1) is 13.8. The van der Waals surface area contributed by atoms with Crippen molar-refractivity contribution in [1.82, 2.24) is 10.3 Å².